The molecule has 0 bridgehead atoms. The normalized spacial score (nSPS) is 11.2. The SMILES string of the molecule is CC(C)C(=O)CCOCCNC(=O)CNC(=O)C(CCC(=O)O)NC(=O)CCOCCC(=O)C(C)C.CCC(=O)O. The number of carbonyl (C=O) groups excluding carboxylic acids is 5. The molecule has 0 aliphatic carbocycles. The van der Waals surface area contributed by atoms with Crippen molar-refractivity contribution in [2.45, 2.75) is 79.2 Å². The average molecular weight is 590 g/mol. The lowest BCUT2D eigenvalue weighted by Crippen LogP contribution is -2.49. The highest BCUT2D eigenvalue weighted by atomic mass is 16.5. The number of Topliss-reactive ketones (excluding diaryl/α,β-unsaturated/α-hetero) is 2. The molecule has 236 valence electrons. The molecule has 3 amide bonds. The van der Waals surface area contributed by atoms with Crippen molar-refractivity contribution in [2.75, 3.05) is 39.5 Å². The number of hydrogen-bond acceptors (Lipinski definition) is 9. The first-order valence-corrected chi connectivity index (χ1v) is 13.7. The molecule has 14 nitrogen and oxygen atoms in total. The molecule has 0 rings (SSSR count). The minimum Gasteiger partial charge on any atom is -0.481 e. The zero-order chi connectivity index (χ0) is 31.8. The van der Waals surface area contributed by atoms with Gasteiger partial charge in [0.2, 0.25) is 17.7 Å². The van der Waals surface area contributed by atoms with E-state index in [9.17, 15) is 33.6 Å². The van der Waals surface area contributed by atoms with Gasteiger partial charge in [0.05, 0.1) is 33.0 Å². The molecule has 0 radical (unpaired) electrons. The number of carboxylic acid groups (broad SMARTS) is 2. The van der Waals surface area contributed by atoms with Crippen molar-refractivity contribution in [3.8, 4) is 0 Å². The first-order valence-electron chi connectivity index (χ1n) is 13.7. The number of hydrogen-bond donors (Lipinski definition) is 5. The number of ether oxygens (including phenoxy) is 2. The lowest BCUT2D eigenvalue weighted by atomic mass is 10.1. The average Bonchev–Trinajstić information content (AvgIpc) is 2.90. The molecule has 1 atom stereocenters. The fraction of sp³-hybridized carbons (Fsp3) is 0.741. The summed E-state index contributed by atoms with van der Waals surface area (Å²) in [6.45, 7) is 9.31. The second-order valence-corrected chi connectivity index (χ2v) is 9.58. The highest BCUT2D eigenvalue weighted by Crippen LogP contribution is 2.01. The predicted molar refractivity (Wildman–Crippen MR) is 148 cm³/mol. The molecular weight excluding hydrogens is 542 g/mol. The van der Waals surface area contributed by atoms with E-state index in [2.05, 4.69) is 16.0 Å². The summed E-state index contributed by atoms with van der Waals surface area (Å²) < 4.78 is 10.6. The summed E-state index contributed by atoms with van der Waals surface area (Å²) in [4.78, 5) is 79.8. The molecule has 0 aliphatic rings. The molecular formula is C27H47N3O11. The number of carbonyl (C=O) groups is 7. The Morgan fingerprint density at radius 2 is 1.15 bits per heavy atom. The van der Waals surface area contributed by atoms with Crippen LogP contribution in [0.4, 0.5) is 0 Å². The van der Waals surface area contributed by atoms with Gasteiger partial charge in [0.1, 0.15) is 17.6 Å². The molecule has 0 aliphatic heterocycles. The zero-order valence-electron chi connectivity index (χ0n) is 24.8. The van der Waals surface area contributed by atoms with E-state index in [1.807, 2.05) is 13.8 Å². The van der Waals surface area contributed by atoms with Crippen molar-refractivity contribution in [2.24, 2.45) is 11.8 Å². The van der Waals surface area contributed by atoms with Gasteiger partial charge in [-0.2, -0.15) is 0 Å². The number of carboxylic acids is 2. The Morgan fingerprint density at radius 1 is 0.659 bits per heavy atom. The molecule has 0 aromatic heterocycles. The van der Waals surface area contributed by atoms with E-state index in [0.717, 1.165) is 0 Å². The van der Waals surface area contributed by atoms with Crippen LogP contribution in [0.2, 0.25) is 0 Å². The van der Waals surface area contributed by atoms with Crippen molar-refractivity contribution >= 4 is 41.2 Å². The molecule has 5 N–H and O–H groups in total. The Hall–Kier alpha value is -3.39. The molecule has 0 aromatic carbocycles. The summed E-state index contributed by atoms with van der Waals surface area (Å²) in [5.41, 5.74) is 0. The minimum absolute atomic E-state index is 0.0422. The minimum atomic E-state index is -1.13. The van der Waals surface area contributed by atoms with E-state index in [1.165, 1.54) is 0 Å². The largest absolute Gasteiger partial charge is 0.481 e. The van der Waals surface area contributed by atoms with Crippen molar-refractivity contribution < 1.29 is 53.2 Å². The summed E-state index contributed by atoms with van der Waals surface area (Å²) >= 11 is 0. The van der Waals surface area contributed by atoms with Crippen LogP contribution in [0.25, 0.3) is 0 Å². The summed E-state index contributed by atoms with van der Waals surface area (Å²) in [5.74, 6) is -3.57. The number of aliphatic carboxylic acids is 2. The van der Waals surface area contributed by atoms with Crippen LogP contribution in [-0.2, 0) is 43.0 Å². The van der Waals surface area contributed by atoms with Crippen molar-refractivity contribution in [3.63, 3.8) is 0 Å². The molecule has 1 unspecified atom stereocenters. The van der Waals surface area contributed by atoms with Gasteiger partial charge >= 0.3 is 11.9 Å². The first kappa shape index (κ1) is 39.8. The second-order valence-electron chi connectivity index (χ2n) is 9.58. The van der Waals surface area contributed by atoms with Crippen LogP contribution < -0.4 is 16.0 Å². The van der Waals surface area contributed by atoms with E-state index in [1.54, 1.807) is 20.8 Å². The maximum Gasteiger partial charge on any atom is 0.303 e. The first-order chi connectivity index (χ1) is 19.2. The standard InChI is InChI=1S/C24H41N3O9.C3H6O2/c1-16(2)19(28)7-11-35-13-9-21(30)27-18(5-6-23(32)33)24(34)26-15-22(31)25-10-14-36-12-8-20(29)17(3)4;1-2-3(4)5/h16-18H,5-15H2,1-4H3,(H,25,31)(H,26,34)(H,27,30)(H,32,33);2H2,1H3,(H,4,5). The molecule has 0 saturated heterocycles. The van der Waals surface area contributed by atoms with Crippen LogP contribution in [0.1, 0.15) is 73.1 Å². The summed E-state index contributed by atoms with van der Waals surface area (Å²) in [6, 6.07) is -1.13. The topological polar surface area (TPSA) is 214 Å². The van der Waals surface area contributed by atoms with Gasteiger partial charge in [-0.3, -0.25) is 33.6 Å². The third-order valence-electron chi connectivity index (χ3n) is 5.34. The van der Waals surface area contributed by atoms with Gasteiger partial charge in [0.25, 0.3) is 0 Å². The van der Waals surface area contributed by atoms with Crippen molar-refractivity contribution in [3.05, 3.63) is 0 Å². The zero-order valence-corrected chi connectivity index (χ0v) is 24.8. The summed E-state index contributed by atoms with van der Waals surface area (Å²) in [7, 11) is 0. The Morgan fingerprint density at radius 3 is 1.61 bits per heavy atom. The van der Waals surface area contributed by atoms with Gasteiger partial charge in [0, 0.05) is 50.5 Å². The molecule has 0 aromatic rings. The Balaban J connectivity index is 0. The summed E-state index contributed by atoms with van der Waals surface area (Å²) in [5, 5.41) is 24.0. The fourth-order valence-electron chi connectivity index (χ4n) is 2.71. The molecule has 41 heavy (non-hydrogen) atoms. The van der Waals surface area contributed by atoms with Gasteiger partial charge < -0.3 is 35.6 Å². The molecule has 0 fully saturated rings. The van der Waals surface area contributed by atoms with E-state index in [-0.39, 0.29) is 95.0 Å². The van der Waals surface area contributed by atoms with Gasteiger partial charge in [-0.05, 0) is 6.42 Å². The van der Waals surface area contributed by atoms with Crippen LogP contribution in [0.3, 0.4) is 0 Å². The number of ketones is 2. The quantitative estimate of drug-likeness (QED) is 0.111. The van der Waals surface area contributed by atoms with Gasteiger partial charge in [-0.1, -0.05) is 34.6 Å². The number of rotatable bonds is 22. The van der Waals surface area contributed by atoms with Gasteiger partial charge in [0.15, 0.2) is 0 Å². The monoisotopic (exact) mass is 589 g/mol. The van der Waals surface area contributed by atoms with Gasteiger partial charge in [-0.25, -0.2) is 0 Å². The second kappa shape index (κ2) is 24.4. The molecule has 14 heteroatoms. The Bertz CT molecular complexity index is 844. The number of amides is 3. The van der Waals surface area contributed by atoms with Crippen LogP contribution >= 0.6 is 0 Å². The van der Waals surface area contributed by atoms with Crippen molar-refractivity contribution in [1.29, 1.82) is 0 Å². The van der Waals surface area contributed by atoms with Crippen LogP contribution in [0.5, 0.6) is 0 Å². The van der Waals surface area contributed by atoms with Crippen LogP contribution in [-0.4, -0.2) is 97.0 Å². The molecule has 0 heterocycles. The Kier molecular flexibility index (Phi) is 23.7. The third kappa shape index (κ3) is 25.3. The van der Waals surface area contributed by atoms with Crippen LogP contribution in [0.15, 0.2) is 0 Å². The smallest absolute Gasteiger partial charge is 0.303 e. The van der Waals surface area contributed by atoms with E-state index in [0.29, 0.717) is 6.42 Å². The van der Waals surface area contributed by atoms with Crippen LogP contribution in [0, 0.1) is 11.8 Å². The van der Waals surface area contributed by atoms with E-state index < -0.39 is 35.7 Å². The predicted octanol–water partition coefficient (Wildman–Crippen LogP) is 0.703. The highest BCUT2D eigenvalue weighted by Gasteiger charge is 2.22. The van der Waals surface area contributed by atoms with Crippen molar-refractivity contribution in [1.82, 2.24) is 16.0 Å². The molecule has 0 spiro atoms. The maximum atomic E-state index is 12.4. The lowest BCUT2D eigenvalue weighted by molar-refractivity contribution is -0.138. The fourth-order valence-corrected chi connectivity index (χ4v) is 2.71. The Labute approximate surface area is 241 Å². The highest BCUT2D eigenvalue weighted by molar-refractivity contribution is 5.90. The third-order valence-corrected chi connectivity index (χ3v) is 5.34. The molecule has 0 saturated carbocycles. The maximum absolute atomic E-state index is 12.4. The summed E-state index contributed by atoms with van der Waals surface area (Å²) in [6.07, 6.45) is 0.191. The lowest BCUT2D eigenvalue weighted by Gasteiger charge is -2.18. The van der Waals surface area contributed by atoms with E-state index in [4.69, 9.17) is 19.7 Å². The van der Waals surface area contributed by atoms with E-state index >= 15 is 0 Å². The number of nitrogens with one attached hydrogen (secondary N) is 3. The van der Waals surface area contributed by atoms with Gasteiger partial charge in [-0.15, -0.1) is 0 Å².